The topological polar surface area (TPSA) is 55.0 Å². The molecule has 1 aromatic carbocycles. The second-order valence-electron chi connectivity index (χ2n) is 3.35. The predicted octanol–water partition coefficient (Wildman–Crippen LogP) is 2.12. The van der Waals surface area contributed by atoms with Gasteiger partial charge in [-0.1, -0.05) is 19.1 Å². The Morgan fingerprint density at radius 3 is 2.56 bits per heavy atom. The van der Waals surface area contributed by atoms with Crippen LogP contribution in [0.2, 0.25) is 0 Å². The van der Waals surface area contributed by atoms with Gasteiger partial charge in [-0.3, -0.25) is 0 Å². The second-order valence-corrected chi connectivity index (χ2v) is 3.35. The van der Waals surface area contributed by atoms with E-state index in [0.717, 1.165) is 12.2 Å². The molecule has 0 aliphatic rings. The number of aryl methyl sites for hydroxylation is 1. The number of nitrogens with one attached hydrogen (secondary N) is 1. The summed E-state index contributed by atoms with van der Waals surface area (Å²) in [6.45, 7) is 2.10. The number of H-pyrrole nitrogens is 1. The first-order valence-corrected chi connectivity index (χ1v) is 5.09. The molecule has 0 atom stereocenters. The van der Waals surface area contributed by atoms with E-state index in [1.165, 1.54) is 18.0 Å². The number of hydrogen-bond donors (Lipinski definition) is 1. The fraction of sp³-hybridized carbons (Fsp3) is 0.167. The van der Waals surface area contributed by atoms with Crippen LogP contribution in [0.5, 0.6) is 11.5 Å². The Labute approximate surface area is 92.9 Å². The first kappa shape index (κ1) is 10.4. The molecule has 0 fully saturated rings. The lowest BCUT2D eigenvalue weighted by Crippen LogP contribution is -2.07. The Hall–Kier alpha value is -2.10. The highest BCUT2D eigenvalue weighted by atomic mass is 16.5. The molecule has 0 saturated heterocycles. The summed E-state index contributed by atoms with van der Waals surface area (Å²) in [6.07, 6.45) is 3.89. The number of nitrogens with zero attached hydrogens (tertiary/aromatic N) is 1. The number of aromatic nitrogens is 2. The van der Waals surface area contributed by atoms with Gasteiger partial charge in [-0.25, -0.2) is 4.79 Å². The second kappa shape index (κ2) is 4.61. The Kier molecular flexibility index (Phi) is 3.00. The summed E-state index contributed by atoms with van der Waals surface area (Å²) in [5, 5.41) is 0. The standard InChI is InChI=1S/C12H12N2O2/c1-2-9-3-5-10(6-4-9)16-11-7-13-12(15)14-8-11/h3-8H,2H2,1H3,(H,13,14,15). The van der Waals surface area contributed by atoms with Crippen LogP contribution in [-0.4, -0.2) is 9.97 Å². The average molecular weight is 216 g/mol. The fourth-order valence-corrected chi connectivity index (χ4v) is 1.31. The molecule has 4 nitrogen and oxygen atoms in total. The predicted molar refractivity (Wildman–Crippen MR) is 60.8 cm³/mol. The third kappa shape index (κ3) is 2.48. The Balaban J connectivity index is 2.14. The molecular formula is C12H12N2O2. The zero-order valence-electron chi connectivity index (χ0n) is 8.93. The van der Waals surface area contributed by atoms with Crippen molar-refractivity contribution in [1.29, 1.82) is 0 Å². The maximum Gasteiger partial charge on any atom is 0.345 e. The van der Waals surface area contributed by atoms with Gasteiger partial charge in [-0.2, -0.15) is 4.98 Å². The summed E-state index contributed by atoms with van der Waals surface area (Å²) in [5.41, 5.74) is 0.876. The van der Waals surface area contributed by atoms with Gasteiger partial charge in [0.1, 0.15) is 5.75 Å². The van der Waals surface area contributed by atoms with Crippen molar-refractivity contribution in [2.45, 2.75) is 13.3 Å². The first-order chi connectivity index (χ1) is 7.78. The Bertz CT molecular complexity index is 497. The van der Waals surface area contributed by atoms with Gasteiger partial charge >= 0.3 is 5.69 Å². The number of ether oxygens (including phenoxy) is 1. The van der Waals surface area contributed by atoms with Crippen LogP contribution in [-0.2, 0) is 6.42 Å². The van der Waals surface area contributed by atoms with E-state index >= 15 is 0 Å². The van der Waals surface area contributed by atoms with Crippen LogP contribution in [0.1, 0.15) is 12.5 Å². The molecule has 0 radical (unpaired) electrons. The number of benzene rings is 1. The minimum Gasteiger partial charge on any atom is -0.454 e. The highest BCUT2D eigenvalue weighted by molar-refractivity contribution is 5.30. The molecular weight excluding hydrogens is 204 g/mol. The van der Waals surface area contributed by atoms with E-state index < -0.39 is 0 Å². The monoisotopic (exact) mass is 216 g/mol. The molecule has 0 saturated carbocycles. The first-order valence-electron chi connectivity index (χ1n) is 5.09. The van der Waals surface area contributed by atoms with Crippen LogP contribution < -0.4 is 10.4 Å². The number of rotatable bonds is 3. The molecule has 0 spiro atoms. The third-order valence-electron chi connectivity index (χ3n) is 2.21. The molecule has 82 valence electrons. The quantitative estimate of drug-likeness (QED) is 0.855. The number of aromatic amines is 1. The van der Waals surface area contributed by atoms with E-state index in [1.54, 1.807) is 0 Å². The summed E-state index contributed by atoms with van der Waals surface area (Å²) in [7, 11) is 0. The molecule has 2 rings (SSSR count). The molecule has 0 amide bonds. The molecule has 2 aromatic rings. The van der Waals surface area contributed by atoms with Crippen molar-refractivity contribution in [3.63, 3.8) is 0 Å². The minimum absolute atomic E-state index is 0.381. The van der Waals surface area contributed by atoms with E-state index in [-0.39, 0.29) is 5.69 Å². The van der Waals surface area contributed by atoms with Gasteiger partial charge in [0.15, 0.2) is 5.75 Å². The van der Waals surface area contributed by atoms with E-state index in [2.05, 4.69) is 16.9 Å². The van der Waals surface area contributed by atoms with Crippen molar-refractivity contribution in [3.05, 3.63) is 52.7 Å². The van der Waals surface area contributed by atoms with Crippen LogP contribution in [0.4, 0.5) is 0 Å². The van der Waals surface area contributed by atoms with Gasteiger partial charge in [0, 0.05) is 0 Å². The summed E-state index contributed by atoms with van der Waals surface area (Å²) in [4.78, 5) is 16.8. The Morgan fingerprint density at radius 2 is 2.00 bits per heavy atom. The Morgan fingerprint density at radius 1 is 1.25 bits per heavy atom. The van der Waals surface area contributed by atoms with Crippen molar-refractivity contribution in [3.8, 4) is 11.5 Å². The highest BCUT2D eigenvalue weighted by Crippen LogP contribution is 2.19. The highest BCUT2D eigenvalue weighted by Gasteiger charge is 1.97. The van der Waals surface area contributed by atoms with Gasteiger partial charge in [0.2, 0.25) is 0 Å². The average Bonchev–Trinajstić information content (AvgIpc) is 2.33. The lowest BCUT2D eigenvalue weighted by atomic mass is 10.2. The van der Waals surface area contributed by atoms with Crippen LogP contribution in [0.25, 0.3) is 0 Å². The van der Waals surface area contributed by atoms with Gasteiger partial charge in [-0.15, -0.1) is 0 Å². The molecule has 4 heteroatoms. The summed E-state index contributed by atoms with van der Waals surface area (Å²) < 4.78 is 5.50. The van der Waals surface area contributed by atoms with Crippen molar-refractivity contribution >= 4 is 0 Å². The lowest BCUT2D eigenvalue weighted by molar-refractivity contribution is 0.476. The van der Waals surface area contributed by atoms with Gasteiger partial charge in [-0.05, 0) is 24.1 Å². The van der Waals surface area contributed by atoms with Crippen molar-refractivity contribution in [2.75, 3.05) is 0 Å². The molecule has 0 aliphatic carbocycles. The summed E-state index contributed by atoms with van der Waals surface area (Å²) in [5.74, 6) is 1.25. The molecule has 1 N–H and O–H groups in total. The maximum absolute atomic E-state index is 10.7. The molecule has 1 aromatic heterocycles. The van der Waals surface area contributed by atoms with Crippen molar-refractivity contribution < 1.29 is 4.74 Å². The summed E-state index contributed by atoms with van der Waals surface area (Å²) >= 11 is 0. The van der Waals surface area contributed by atoms with E-state index in [9.17, 15) is 4.79 Å². The van der Waals surface area contributed by atoms with Crippen LogP contribution >= 0.6 is 0 Å². The zero-order chi connectivity index (χ0) is 11.4. The van der Waals surface area contributed by atoms with E-state index in [0.29, 0.717) is 5.75 Å². The van der Waals surface area contributed by atoms with Gasteiger partial charge < -0.3 is 9.72 Å². The molecule has 0 unspecified atom stereocenters. The summed E-state index contributed by atoms with van der Waals surface area (Å²) in [6, 6.07) is 7.80. The zero-order valence-corrected chi connectivity index (χ0v) is 8.93. The van der Waals surface area contributed by atoms with Crippen molar-refractivity contribution in [1.82, 2.24) is 9.97 Å². The number of hydrogen-bond acceptors (Lipinski definition) is 3. The molecule has 0 bridgehead atoms. The van der Waals surface area contributed by atoms with Crippen molar-refractivity contribution in [2.24, 2.45) is 0 Å². The van der Waals surface area contributed by atoms with Crippen LogP contribution in [0.15, 0.2) is 41.5 Å². The van der Waals surface area contributed by atoms with Gasteiger partial charge in [0.05, 0.1) is 12.4 Å². The SMILES string of the molecule is CCc1ccc(Oc2cnc(=O)[nH]c2)cc1. The van der Waals surface area contributed by atoms with Crippen LogP contribution in [0.3, 0.4) is 0 Å². The van der Waals surface area contributed by atoms with Gasteiger partial charge in [0.25, 0.3) is 0 Å². The lowest BCUT2D eigenvalue weighted by Gasteiger charge is -2.04. The normalized spacial score (nSPS) is 10.1. The fourth-order valence-electron chi connectivity index (χ4n) is 1.31. The van der Waals surface area contributed by atoms with E-state index in [1.807, 2.05) is 24.3 Å². The maximum atomic E-state index is 10.7. The van der Waals surface area contributed by atoms with E-state index in [4.69, 9.17) is 4.74 Å². The van der Waals surface area contributed by atoms with Crippen LogP contribution in [0, 0.1) is 0 Å². The largest absolute Gasteiger partial charge is 0.454 e. The smallest absolute Gasteiger partial charge is 0.345 e. The molecule has 16 heavy (non-hydrogen) atoms. The molecule has 0 aliphatic heterocycles. The molecule has 1 heterocycles. The minimum atomic E-state index is -0.381. The third-order valence-corrected chi connectivity index (χ3v) is 2.21.